The van der Waals surface area contributed by atoms with Gasteiger partial charge in [-0.3, -0.25) is 14.8 Å². The Labute approximate surface area is 299 Å². The quantitative estimate of drug-likeness (QED) is 0.190. The molecule has 4 aliphatic rings. The van der Waals surface area contributed by atoms with Gasteiger partial charge in [-0.1, -0.05) is 136 Å². The fourth-order valence-electron chi connectivity index (χ4n) is 10.2. The summed E-state index contributed by atoms with van der Waals surface area (Å²) in [5.74, 6) is 0.138. The molecule has 3 nitrogen and oxygen atoms in total. The van der Waals surface area contributed by atoms with Crippen LogP contribution < -0.4 is 0 Å². The molecule has 4 aromatic rings. The van der Waals surface area contributed by atoms with E-state index >= 15 is 4.79 Å². The Kier molecular flexibility index (Phi) is 8.32. The number of hydrogen-bond donors (Lipinski definition) is 0. The first-order chi connectivity index (χ1) is 24.1. The van der Waals surface area contributed by atoms with E-state index in [4.69, 9.17) is 9.98 Å². The molecule has 2 fully saturated rings. The van der Waals surface area contributed by atoms with Gasteiger partial charge in [-0.2, -0.15) is 0 Å². The predicted molar refractivity (Wildman–Crippen MR) is 207 cm³/mol. The third kappa shape index (κ3) is 5.62. The van der Waals surface area contributed by atoms with Crippen LogP contribution in [0.15, 0.2) is 107 Å². The zero-order valence-electron chi connectivity index (χ0n) is 30.5. The molecular formula is C47H52N2O. The Balaban J connectivity index is 1.31. The fraction of sp³-hybridized carbons (Fsp3) is 0.426. The third-order valence-electron chi connectivity index (χ3n) is 12.3. The number of fused-ring (bicyclic) bond motifs is 2. The molecule has 0 radical (unpaired) electrons. The van der Waals surface area contributed by atoms with Crippen LogP contribution in [0.3, 0.4) is 0 Å². The standard InChI is InChI=1S/C47H52N2O/c1-44(2)31-33-19-7-9-21-35(33)42(48-44)46(27-15-5-16-28-46)39-25-13-11-23-37(39)41(50)38-24-12-14-26-40(38)47(29-17-6-18-30-47)43-36-22-10-8-20-34(36)32-45(3,4)49-43/h7-14,19-26H,5-6,15-18,27-32H2,1-4H3. The molecule has 2 saturated carbocycles. The SMILES string of the molecule is CC1(C)Cc2ccccc2C(C2(c3ccccc3C(=O)c3ccccc3C3(C4=NC(C)(C)Cc5ccccc54)CCCCC3)CCCCC2)=N1. The maximum Gasteiger partial charge on any atom is 0.193 e. The highest BCUT2D eigenvalue weighted by molar-refractivity contribution is 6.17. The van der Waals surface area contributed by atoms with Crippen molar-refractivity contribution in [2.75, 3.05) is 0 Å². The average Bonchev–Trinajstić information content (AvgIpc) is 3.13. The summed E-state index contributed by atoms with van der Waals surface area (Å²) < 4.78 is 0. The van der Waals surface area contributed by atoms with E-state index < -0.39 is 0 Å². The zero-order valence-corrected chi connectivity index (χ0v) is 30.5. The van der Waals surface area contributed by atoms with Crippen LogP contribution in [0.4, 0.5) is 0 Å². The minimum Gasteiger partial charge on any atom is -0.289 e. The van der Waals surface area contributed by atoms with Crippen LogP contribution in [-0.4, -0.2) is 28.3 Å². The number of aliphatic imine (C=N–C) groups is 2. The number of nitrogens with zero attached hydrogens (tertiary/aromatic N) is 2. The van der Waals surface area contributed by atoms with Crippen LogP contribution >= 0.6 is 0 Å². The van der Waals surface area contributed by atoms with Gasteiger partial charge in [-0.15, -0.1) is 0 Å². The van der Waals surface area contributed by atoms with Crippen molar-refractivity contribution in [1.82, 2.24) is 0 Å². The van der Waals surface area contributed by atoms with Crippen molar-refractivity contribution in [2.45, 2.75) is 127 Å². The molecule has 0 amide bonds. The van der Waals surface area contributed by atoms with E-state index in [2.05, 4.69) is 125 Å². The molecular weight excluding hydrogens is 609 g/mol. The highest BCUT2D eigenvalue weighted by Crippen LogP contribution is 2.49. The van der Waals surface area contributed by atoms with Crippen molar-refractivity contribution in [3.8, 4) is 0 Å². The van der Waals surface area contributed by atoms with Gasteiger partial charge in [0.1, 0.15) is 0 Å². The van der Waals surface area contributed by atoms with E-state index in [0.29, 0.717) is 0 Å². The highest BCUT2D eigenvalue weighted by Gasteiger charge is 2.47. The normalized spacial score (nSPS) is 21.6. The van der Waals surface area contributed by atoms with E-state index in [-0.39, 0.29) is 27.7 Å². The molecule has 0 spiro atoms. The molecule has 8 rings (SSSR count). The van der Waals surface area contributed by atoms with E-state index in [1.165, 1.54) is 46.5 Å². The Morgan fingerprint density at radius 3 is 1.26 bits per heavy atom. The molecule has 0 aromatic heterocycles. The lowest BCUT2D eigenvalue weighted by molar-refractivity contribution is 0.103. The maximum absolute atomic E-state index is 15.5. The molecule has 0 bridgehead atoms. The van der Waals surface area contributed by atoms with Crippen LogP contribution in [0.5, 0.6) is 0 Å². The van der Waals surface area contributed by atoms with Crippen molar-refractivity contribution in [3.05, 3.63) is 142 Å². The summed E-state index contributed by atoms with van der Waals surface area (Å²) in [6, 6.07) is 34.9. The van der Waals surface area contributed by atoms with Crippen molar-refractivity contribution < 1.29 is 4.79 Å². The van der Waals surface area contributed by atoms with Gasteiger partial charge >= 0.3 is 0 Å². The Morgan fingerprint density at radius 2 is 0.840 bits per heavy atom. The van der Waals surface area contributed by atoms with Crippen LogP contribution in [-0.2, 0) is 23.7 Å². The molecule has 256 valence electrons. The number of rotatable bonds is 6. The second kappa shape index (κ2) is 12.6. The smallest absolute Gasteiger partial charge is 0.193 e. The average molecular weight is 661 g/mol. The van der Waals surface area contributed by atoms with E-state index in [9.17, 15) is 0 Å². The van der Waals surface area contributed by atoms with Crippen LogP contribution in [0.2, 0.25) is 0 Å². The Hall–Kier alpha value is -4.11. The number of benzene rings is 4. The van der Waals surface area contributed by atoms with E-state index in [0.717, 1.165) is 86.5 Å². The third-order valence-corrected chi connectivity index (χ3v) is 12.3. The van der Waals surface area contributed by atoms with Crippen LogP contribution in [0.1, 0.15) is 141 Å². The summed E-state index contributed by atoms with van der Waals surface area (Å²) >= 11 is 0. The van der Waals surface area contributed by atoms with Crippen molar-refractivity contribution in [2.24, 2.45) is 9.98 Å². The molecule has 0 N–H and O–H groups in total. The van der Waals surface area contributed by atoms with Gasteiger partial charge < -0.3 is 0 Å². The Bertz CT molecular complexity index is 1850. The van der Waals surface area contributed by atoms with Gasteiger partial charge in [-0.25, -0.2) is 0 Å². The molecule has 0 atom stereocenters. The summed E-state index contributed by atoms with van der Waals surface area (Å²) in [6.07, 6.45) is 12.9. The lowest BCUT2D eigenvalue weighted by Crippen LogP contribution is -2.45. The summed E-state index contributed by atoms with van der Waals surface area (Å²) in [5, 5.41) is 0. The van der Waals surface area contributed by atoms with Gasteiger partial charge in [0, 0.05) is 22.0 Å². The van der Waals surface area contributed by atoms with Gasteiger partial charge in [0.2, 0.25) is 0 Å². The second-order valence-electron chi connectivity index (χ2n) is 16.9. The topological polar surface area (TPSA) is 41.8 Å². The van der Waals surface area contributed by atoms with Gasteiger partial charge in [-0.05, 0) is 99.6 Å². The molecule has 2 aliphatic heterocycles. The lowest BCUT2D eigenvalue weighted by atomic mass is 9.60. The number of carbonyl (C=O) groups excluding carboxylic acids is 1. The Morgan fingerprint density at radius 1 is 0.480 bits per heavy atom. The van der Waals surface area contributed by atoms with Gasteiger partial charge in [0.05, 0.1) is 22.5 Å². The number of ketones is 1. The van der Waals surface area contributed by atoms with E-state index in [1.54, 1.807) is 0 Å². The fourth-order valence-corrected chi connectivity index (χ4v) is 10.2. The van der Waals surface area contributed by atoms with Crippen molar-refractivity contribution >= 4 is 17.2 Å². The number of carbonyl (C=O) groups is 1. The van der Waals surface area contributed by atoms with Gasteiger partial charge in [0.25, 0.3) is 0 Å². The molecule has 2 aliphatic carbocycles. The minimum absolute atomic E-state index is 0.138. The molecule has 4 aromatic carbocycles. The maximum atomic E-state index is 15.5. The van der Waals surface area contributed by atoms with Crippen LogP contribution in [0, 0.1) is 0 Å². The monoisotopic (exact) mass is 660 g/mol. The summed E-state index contributed by atoms with van der Waals surface area (Å²) in [6.45, 7) is 9.07. The first-order valence-corrected chi connectivity index (χ1v) is 19.2. The van der Waals surface area contributed by atoms with Crippen LogP contribution in [0.25, 0.3) is 0 Å². The zero-order chi connectivity index (χ0) is 34.6. The van der Waals surface area contributed by atoms with Gasteiger partial charge in [0.15, 0.2) is 5.78 Å². The summed E-state index contributed by atoms with van der Waals surface area (Å²) in [7, 11) is 0. The molecule has 0 saturated heterocycles. The summed E-state index contributed by atoms with van der Waals surface area (Å²) in [4.78, 5) is 26.7. The number of hydrogen-bond acceptors (Lipinski definition) is 3. The molecule has 0 unspecified atom stereocenters. The predicted octanol–water partition coefficient (Wildman–Crippen LogP) is 11.0. The second-order valence-corrected chi connectivity index (χ2v) is 16.9. The van der Waals surface area contributed by atoms with Crippen molar-refractivity contribution in [1.29, 1.82) is 0 Å². The molecule has 3 heteroatoms. The summed E-state index contributed by atoms with van der Waals surface area (Å²) in [5.41, 5.74) is 10.6. The molecule has 50 heavy (non-hydrogen) atoms. The largest absolute Gasteiger partial charge is 0.289 e. The van der Waals surface area contributed by atoms with E-state index in [1.807, 2.05) is 0 Å². The van der Waals surface area contributed by atoms with Crippen molar-refractivity contribution in [3.63, 3.8) is 0 Å². The first kappa shape index (κ1) is 33.1. The molecule has 2 heterocycles. The highest BCUT2D eigenvalue weighted by atomic mass is 16.1. The lowest BCUT2D eigenvalue weighted by Gasteiger charge is -2.45. The minimum atomic E-state index is -0.313. The first-order valence-electron chi connectivity index (χ1n) is 19.2.